The molecular weight excluding hydrogens is 313 g/mol. The summed E-state index contributed by atoms with van der Waals surface area (Å²) < 4.78 is 14.2. The van der Waals surface area contributed by atoms with Gasteiger partial charge in [0.15, 0.2) is 0 Å². The summed E-state index contributed by atoms with van der Waals surface area (Å²) in [5.41, 5.74) is 0.555. The van der Waals surface area contributed by atoms with Gasteiger partial charge in [-0.15, -0.1) is 0 Å². The van der Waals surface area contributed by atoms with Crippen molar-refractivity contribution < 1.29 is 14.3 Å². The zero-order valence-electron chi connectivity index (χ0n) is 11.1. The molecule has 3 nitrogen and oxygen atoms in total. The molecule has 0 aliphatic heterocycles. The van der Waals surface area contributed by atoms with E-state index >= 15 is 0 Å². The number of aliphatic hydroxyl groups excluding tert-OH is 1. The minimum atomic E-state index is -0.636. The molecule has 0 bridgehead atoms. The van der Waals surface area contributed by atoms with E-state index in [4.69, 9.17) is 0 Å². The van der Waals surface area contributed by atoms with Crippen LogP contribution in [0.1, 0.15) is 25.8 Å². The van der Waals surface area contributed by atoms with Gasteiger partial charge in [0.2, 0.25) is 5.91 Å². The Labute approximate surface area is 121 Å². The van der Waals surface area contributed by atoms with Crippen molar-refractivity contribution in [1.82, 2.24) is 5.32 Å². The Morgan fingerprint density at radius 1 is 1.47 bits per heavy atom. The van der Waals surface area contributed by atoms with Crippen LogP contribution in [0.4, 0.5) is 4.39 Å². The molecule has 0 radical (unpaired) electrons. The van der Waals surface area contributed by atoms with Crippen molar-refractivity contribution >= 4 is 21.8 Å². The number of carbonyl (C=O) groups is 1. The van der Waals surface area contributed by atoms with Crippen LogP contribution in [-0.2, 0) is 11.2 Å². The smallest absolute Gasteiger partial charge is 0.222 e. The first kappa shape index (κ1) is 16.1. The summed E-state index contributed by atoms with van der Waals surface area (Å²) in [5.74, 6) is -0.440. The third-order valence-corrected chi connectivity index (χ3v) is 3.38. The standard InChI is InChI=1S/C14H19BrFNO2/c1-9(2)13(18)8-14(19)17-6-5-10-7-11(15)3-4-12(10)16/h3-4,7,9,13,18H,5-6,8H2,1-2H3,(H,17,19). The lowest BCUT2D eigenvalue weighted by Crippen LogP contribution is -2.31. The van der Waals surface area contributed by atoms with Gasteiger partial charge in [0.1, 0.15) is 5.82 Å². The number of aliphatic hydroxyl groups is 1. The van der Waals surface area contributed by atoms with Crippen molar-refractivity contribution in [3.8, 4) is 0 Å². The lowest BCUT2D eigenvalue weighted by Gasteiger charge is -2.14. The first-order chi connectivity index (χ1) is 8.90. The maximum Gasteiger partial charge on any atom is 0.222 e. The molecule has 0 aliphatic rings. The topological polar surface area (TPSA) is 49.3 Å². The highest BCUT2D eigenvalue weighted by molar-refractivity contribution is 9.10. The lowest BCUT2D eigenvalue weighted by atomic mass is 10.0. The normalized spacial score (nSPS) is 12.5. The maximum atomic E-state index is 13.4. The highest BCUT2D eigenvalue weighted by Gasteiger charge is 2.14. The van der Waals surface area contributed by atoms with Crippen molar-refractivity contribution in [2.45, 2.75) is 32.8 Å². The summed E-state index contributed by atoms with van der Waals surface area (Å²) in [6.45, 7) is 4.07. The monoisotopic (exact) mass is 331 g/mol. The van der Waals surface area contributed by atoms with Crippen molar-refractivity contribution in [1.29, 1.82) is 0 Å². The minimum Gasteiger partial charge on any atom is -0.392 e. The van der Waals surface area contributed by atoms with Crippen molar-refractivity contribution in [2.75, 3.05) is 6.54 Å². The van der Waals surface area contributed by atoms with E-state index in [1.165, 1.54) is 6.07 Å². The Morgan fingerprint density at radius 3 is 2.79 bits per heavy atom. The number of halogens is 2. The number of carbonyl (C=O) groups excluding carboxylic acids is 1. The highest BCUT2D eigenvalue weighted by atomic mass is 79.9. The second-order valence-corrected chi connectivity index (χ2v) is 5.77. The van der Waals surface area contributed by atoms with Crippen molar-refractivity contribution in [3.05, 3.63) is 34.1 Å². The van der Waals surface area contributed by atoms with E-state index in [0.29, 0.717) is 18.5 Å². The van der Waals surface area contributed by atoms with Crippen LogP contribution in [0.15, 0.2) is 22.7 Å². The molecule has 0 aromatic heterocycles. The molecule has 0 heterocycles. The van der Waals surface area contributed by atoms with Gasteiger partial charge in [-0.05, 0) is 36.1 Å². The number of amides is 1. The Hall–Kier alpha value is -0.940. The van der Waals surface area contributed by atoms with Crippen molar-refractivity contribution in [3.63, 3.8) is 0 Å². The summed E-state index contributed by atoms with van der Waals surface area (Å²) in [7, 11) is 0. The van der Waals surface area contributed by atoms with Gasteiger partial charge < -0.3 is 10.4 Å². The van der Waals surface area contributed by atoms with Gasteiger partial charge in [0.05, 0.1) is 12.5 Å². The molecule has 5 heteroatoms. The average Bonchev–Trinajstić information content (AvgIpc) is 2.33. The SMILES string of the molecule is CC(C)C(O)CC(=O)NCCc1cc(Br)ccc1F. The Kier molecular flexibility index (Phi) is 6.45. The summed E-state index contributed by atoms with van der Waals surface area (Å²) in [6, 6.07) is 4.73. The van der Waals surface area contributed by atoms with E-state index in [-0.39, 0.29) is 24.1 Å². The first-order valence-corrected chi connectivity index (χ1v) is 7.08. The van der Waals surface area contributed by atoms with Crippen LogP contribution in [0.5, 0.6) is 0 Å². The molecule has 0 aliphatic carbocycles. The molecule has 1 unspecified atom stereocenters. The molecule has 1 aromatic carbocycles. The van der Waals surface area contributed by atoms with Gasteiger partial charge in [-0.2, -0.15) is 0 Å². The van der Waals surface area contributed by atoms with Crippen molar-refractivity contribution in [2.24, 2.45) is 5.92 Å². The maximum absolute atomic E-state index is 13.4. The zero-order valence-corrected chi connectivity index (χ0v) is 12.7. The van der Waals surface area contributed by atoms with E-state index in [1.807, 2.05) is 13.8 Å². The third kappa shape index (κ3) is 5.70. The lowest BCUT2D eigenvalue weighted by molar-refractivity contribution is -0.123. The molecule has 1 aromatic rings. The quantitative estimate of drug-likeness (QED) is 0.841. The summed E-state index contributed by atoms with van der Waals surface area (Å²) in [5, 5.41) is 12.2. The summed E-state index contributed by atoms with van der Waals surface area (Å²) >= 11 is 3.28. The first-order valence-electron chi connectivity index (χ1n) is 6.29. The predicted molar refractivity (Wildman–Crippen MR) is 76.3 cm³/mol. The van der Waals surface area contributed by atoms with Gasteiger partial charge in [0.25, 0.3) is 0 Å². The van der Waals surface area contributed by atoms with Crippen LogP contribution < -0.4 is 5.32 Å². The van der Waals surface area contributed by atoms with Crippen LogP contribution in [0.25, 0.3) is 0 Å². The van der Waals surface area contributed by atoms with Gasteiger partial charge in [0, 0.05) is 11.0 Å². The molecular formula is C14H19BrFNO2. The van der Waals surface area contributed by atoms with E-state index in [1.54, 1.807) is 12.1 Å². The van der Waals surface area contributed by atoms with E-state index in [0.717, 1.165) is 4.47 Å². The van der Waals surface area contributed by atoms with Gasteiger partial charge >= 0.3 is 0 Å². The van der Waals surface area contributed by atoms with Gasteiger partial charge in [-0.1, -0.05) is 29.8 Å². The average molecular weight is 332 g/mol. The number of benzene rings is 1. The second-order valence-electron chi connectivity index (χ2n) is 4.85. The molecule has 106 valence electrons. The Morgan fingerprint density at radius 2 is 2.16 bits per heavy atom. The fraction of sp³-hybridized carbons (Fsp3) is 0.500. The third-order valence-electron chi connectivity index (χ3n) is 2.89. The fourth-order valence-electron chi connectivity index (χ4n) is 1.57. The number of hydrogen-bond acceptors (Lipinski definition) is 2. The minimum absolute atomic E-state index is 0.0493. The van der Waals surface area contributed by atoms with Crippen LogP contribution in [-0.4, -0.2) is 23.7 Å². The van der Waals surface area contributed by atoms with E-state index in [2.05, 4.69) is 21.2 Å². The zero-order chi connectivity index (χ0) is 14.4. The van der Waals surface area contributed by atoms with Crippen LogP contribution >= 0.6 is 15.9 Å². The molecule has 0 spiro atoms. The molecule has 1 atom stereocenters. The Bertz CT molecular complexity index is 437. The molecule has 19 heavy (non-hydrogen) atoms. The van der Waals surface area contributed by atoms with Crippen LogP contribution in [0, 0.1) is 11.7 Å². The molecule has 1 rings (SSSR count). The number of nitrogens with one attached hydrogen (secondary N) is 1. The van der Waals surface area contributed by atoms with Crippen LogP contribution in [0.2, 0.25) is 0 Å². The van der Waals surface area contributed by atoms with Gasteiger partial charge in [-0.25, -0.2) is 4.39 Å². The highest BCUT2D eigenvalue weighted by Crippen LogP contribution is 2.15. The van der Waals surface area contributed by atoms with E-state index < -0.39 is 6.10 Å². The number of rotatable bonds is 6. The second kappa shape index (κ2) is 7.60. The van der Waals surface area contributed by atoms with Crippen LogP contribution in [0.3, 0.4) is 0 Å². The molecule has 2 N–H and O–H groups in total. The molecule has 0 saturated carbocycles. The summed E-state index contributed by atoms with van der Waals surface area (Å²) in [4.78, 5) is 11.5. The molecule has 1 amide bonds. The summed E-state index contributed by atoms with van der Waals surface area (Å²) in [6.07, 6.45) is -0.129. The predicted octanol–water partition coefficient (Wildman–Crippen LogP) is 2.65. The van der Waals surface area contributed by atoms with Gasteiger partial charge in [-0.3, -0.25) is 4.79 Å². The largest absolute Gasteiger partial charge is 0.392 e. The fourth-order valence-corrected chi connectivity index (χ4v) is 1.98. The molecule has 0 saturated heterocycles. The number of hydrogen-bond donors (Lipinski definition) is 2. The Balaban J connectivity index is 2.38. The molecule has 0 fully saturated rings. The van der Waals surface area contributed by atoms with E-state index in [9.17, 15) is 14.3 Å².